The molecule has 1 aromatic carbocycles. The van der Waals surface area contributed by atoms with Crippen LogP contribution in [0.25, 0.3) is 0 Å². The summed E-state index contributed by atoms with van der Waals surface area (Å²) in [5.74, 6) is 6.81. The zero-order chi connectivity index (χ0) is 14.2. The molecule has 2 fully saturated rings. The predicted octanol–water partition coefficient (Wildman–Crippen LogP) is 1.59. The molecule has 4 atom stereocenters. The van der Waals surface area contributed by atoms with Gasteiger partial charge in [0.05, 0.1) is 11.0 Å². The Bertz CT molecular complexity index is 558. The zero-order valence-electron chi connectivity index (χ0n) is 11.5. The van der Waals surface area contributed by atoms with Gasteiger partial charge in [0.1, 0.15) is 0 Å². The summed E-state index contributed by atoms with van der Waals surface area (Å²) in [6.45, 7) is 0. The van der Waals surface area contributed by atoms with Gasteiger partial charge in [-0.25, -0.2) is 8.42 Å². The molecule has 1 saturated carbocycles. The van der Waals surface area contributed by atoms with Crippen LogP contribution in [0.3, 0.4) is 0 Å². The summed E-state index contributed by atoms with van der Waals surface area (Å²) in [5, 5.41) is -0.306. The number of sulfone groups is 1. The lowest BCUT2D eigenvalue weighted by Crippen LogP contribution is -2.51. The first-order valence-corrected chi connectivity index (χ1v) is 9.07. The van der Waals surface area contributed by atoms with Gasteiger partial charge in [0.25, 0.3) is 0 Å². The van der Waals surface area contributed by atoms with Gasteiger partial charge in [-0.3, -0.25) is 11.3 Å². The van der Waals surface area contributed by atoms with Crippen molar-refractivity contribution in [2.45, 2.75) is 42.9 Å². The van der Waals surface area contributed by atoms with E-state index in [-0.39, 0.29) is 11.3 Å². The van der Waals surface area contributed by atoms with Crippen LogP contribution in [0.5, 0.6) is 0 Å². The number of rotatable bonds is 4. The third-order valence-electron chi connectivity index (χ3n) is 4.75. The molecular weight excluding hydrogens is 272 g/mol. The lowest BCUT2D eigenvalue weighted by atomic mass is 10.00. The molecule has 3 rings (SSSR count). The van der Waals surface area contributed by atoms with E-state index in [0.717, 1.165) is 25.7 Å². The van der Waals surface area contributed by atoms with Gasteiger partial charge in [-0.05, 0) is 36.7 Å². The lowest BCUT2D eigenvalue weighted by molar-refractivity contribution is 0.404. The second-order valence-corrected chi connectivity index (χ2v) is 8.35. The van der Waals surface area contributed by atoms with Crippen molar-refractivity contribution >= 4 is 9.84 Å². The zero-order valence-corrected chi connectivity index (χ0v) is 12.4. The van der Waals surface area contributed by atoms with Crippen LogP contribution < -0.4 is 11.3 Å². The summed E-state index contributed by atoms with van der Waals surface area (Å²) >= 11 is 0. The van der Waals surface area contributed by atoms with Crippen molar-refractivity contribution in [1.82, 2.24) is 5.43 Å². The molecule has 3 N–H and O–H groups in total. The van der Waals surface area contributed by atoms with Crippen molar-refractivity contribution in [2.24, 2.45) is 11.8 Å². The smallest absolute Gasteiger partial charge is 0.154 e. The van der Waals surface area contributed by atoms with E-state index in [4.69, 9.17) is 5.84 Å². The Morgan fingerprint density at radius 1 is 1.20 bits per heavy atom. The van der Waals surface area contributed by atoms with Gasteiger partial charge >= 0.3 is 0 Å². The largest absolute Gasteiger partial charge is 0.271 e. The highest BCUT2D eigenvalue weighted by atomic mass is 32.2. The highest BCUT2D eigenvalue weighted by Crippen LogP contribution is 2.51. The Hall–Kier alpha value is -0.910. The van der Waals surface area contributed by atoms with Crippen molar-refractivity contribution < 1.29 is 8.42 Å². The second-order valence-electron chi connectivity index (χ2n) is 6.01. The molecule has 0 spiro atoms. The quantitative estimate of drug-likeness (QED) is 0.653. The summed E-state index contributed by atoms with van der Waals surface area (Å²) in [4.78, 5) is 0. The molecule has 0 aromatic heterocycles. The third kappa shape index (κ3) is 2.62. The Balaban J connectivity index is 1.76. The monoisotopic (exact) mass is 294 g/mol. The Morgan fingerprint density at radius 3 is 2.60 bits per heavy atom. The van der Waals surface area contributed by atoms with Gasteiger partial charge in [0, 0.05) is 6.04 Å². The van der Waals surface area contributed by atoms with Crippen LogP contribution in [0, 0.1) is 5.92 Å². The molecule has 0 amide bonds. The van der Waals surface area contributed by atoms with Crippen molar-refractivity contribution in [3.05, 3.63) is 35.9 Å². The molecule has 2 aliphatic rings. The van der Waals surface area contributed by atoms with Crippen LogP contribution in [0.15, 0.2) is 30.3 Å². The van der Waals surface area contributed by atoms with Crippen LogP contribution in [0.2, 0.25) is 0 Å². The van der Waals surface area contributed by atoms with E-state index >= 15 is 0 Å². The van der Waals surface area contributed by atoms with Gasteiger partial charge in [-0.1, -0.05) is 36.8 Å². The third-order valence-corrected chi connectivity index (χ3v) is 7.06. The van der Waals surface area contributed by atoms with E-state index < -0.39 is 9.84 Å². The SMILES string of the molecule is NNC(C1CC1c1ccccc1)C1CCCCS1(=O)=O. The highest BCUT2D eigenvalue weighted by Gasteiger charge is 2.49. The summed E-state index contributed by atoms with van der Waals surface area (Å²) in [6.07, 6.45) is 3.56. The molecule has 1 aliphatic carbocycles. The van der Waals surface area contributed by atoms with Gasteiger partial charge in [-0.2, -0.15) is 0 Å². The highest BCUT2D eigenvalue weighted by molar-refractivity contribution is 7.92. The van der Waals surface area contributed by atoms with Gasteiger partial charge < -0.3 is 0 Å². The average Bonchev–Trinajstić information content (AvgIpc) is 3.23. The molecule has 20 heavy (non-hydrogen) atoms. The molecule has 4 unspecified atom stereocenters. The molecule has 4 nitrogen and oxygen atoms in total. The van der Waals surface area contributed by atoms with E-state index in [0.29, 0.717) is 17.6 Å². The number of hydrogen-bond donors (Lipinski definition) is 2. The van der Waals surface area contributed by atoms with E-state index in [1.807, 2.05) is 18.2 Å². The van der Waals surface area contributed by atoms with Gasteiger partial charge in [0.15, 0.2) is 9.84 Å². The number of hydrogen-bond acceptors (Lipinski definition) is 4. The van der Waals surface area contributed by atoms with Crippen molar-refractivity contribution in [2.75, 3.05) is 5.75 Å². The molecule has 0 bridgehead atoms. The van der Waals surface area contributed by atoms with Crippen LogP contribution in [0.4, 0.5) is 0 Å². The van der Waals surface area contributed by atoms with Crippen molar-refractivity contribution in [3.63, 3.8) is 0 Å². The first-order valence-electron chi connectivity index (χ1n) is 7.36. The standard InChI is InChI=1S/C15H22N2O2S/c16-17-15(14-8-4-5-9-20(14,18)19)13-10-12(13)11-6-2-1-3-7-11/h1-3,6-7,12-15,17H,4-5,8-10,16H2. The molecule has 0 radical (unpaired) electrons. The van der Waals surface area contributed by atoms with E-state index in [1.165, 1.54) is 5.56 Å². The van der Waals surface area contributed by atoms with Crippen LogP contribution in [0.1, 0.15) is 37.2 Å². The minimum atomic E-state index is -2.99. The summed E-state index contributed by atoms with van der Waals surface area (Å²) in [7, 11) is -2.99. The number of nitrogens with one attached hydrogen (secondary N) is 1. The predicted molar refractivity (Wildman–Crippen MR) is 79.8 cm³/mol. The number of nitrogens with two attached hydrogens (primary N) is 1. The maximum atomic E-state index is 12.3. The van der Waals surface area contributed by atoms with Crippen LogP contribution in [-0.4, -0.2) is 25.5 Å². The number of hydrazine groups is 1. The van der Waals surface area contributed by atoms with Crippen molar-refractivity contribution in [3.8, 4) is 0 Å². The molecular formula is C15H22N2O2S. The van der Waals surface area contributed by atoms with E-state index in [9.17, 15) is 8.42 Å². The van der Waals surface area contributed by atoms with E-state index in [2.05, 4.69) is 17.6 Å². The Labute approximate surface area is 120 Å². The lowest BCUT2D eigenvalue weighted by Gasteiger charge is -2.30. The molecule has 1 heterocycles. The van der Waals surface area contributed by atoms with Crippen molar-refractivity contribution in [1.29, 1.82) is 0 Å². The Kier molecular flexibility index (Phi) is 3.84. The van der Waals surface area contributed by atoms with Gasteiger partial charge in [0.2, 0.25) is 0 Å². The molecule has 1 aliphatic heterocycles. The normalized spacial score (nSPS) is 33.5. The summed E-state index contributed by atoms with van der Waals surface area (Å²) in [6, 6.07) is 10.2. The maximum Gasteiger partial charge on any atom is 0.154 e. The maximum absolute atomic E-state index is 12.3. The fourth-order valence-electron chi connectivity index (χ4n) is 3.58. The molecule has 5 heteroatoms. The first-order chi connectivity index (χ1) is 9.63. The molecule has 1 aromatic rings. The van der Waals surface area contributed by atoms with Gasteiger partial charge in [-0.15, -0.1) is 0 Å². The van der Waals surface area contributed by atoms with Crippen LogP contribution >= 0.6 is 0 Å². The first kappa shape index (κ1) is 14.0. The topological polar surface area (TPSA) is 72.2 Å². The average molecular weight is 294 g/mol. The summed E-state index contributed by atoms with van der Waals surface area (Å²) < 4.78 is 24.5. The Morgan fingerprint density at radius 2 is 1.95 bits per heavy atom. The minimum Gasteiger partial charge on any atom is -0.271 e. The van der Waals surface area contributed by atoms with E-state index in [1.54, 1.807) is 0 Å². The fraction of sp³-hybridized carbons (Fsp3) is 0.600. The number of benzene rings is 1. The summed E-state index contributed by atoms with van der Waals surface area (Å²) in [5.41, 5.74) is 4.11. The fourth-order valence-corrected chi connectivity index (χ4v) is 5.75. The minimum absolute atomic E-state index is 0.106. The van der Waals surface area contributed by atoms with Crippen LogP contribution in [-0.2, 0) is 9.84 Å². The molecule has 110 valence electrons. The molecule has 1 saturated heterocycles. The second kappa shape index (κ2) is 5.47.